The van der Waals surface area contributed by atoms with E-state index in [4.69, 9.17) is 13.8 Å². The molecule has 0 spiro atoms. The first kappa shape index (κ1) is 69.2. The number of quaternary nitrogens is 1. The van der Waals surface area contributed by atoms with E-state index < -0.39 is 20.0 Å². The first-order chi connectivity index (χ1) is 34.9. The lowest BCUT2D eigenvalue weighted by atomic mass is 10.1. The molecule has 10 heteroatoms. The van der Waals surface area contributed by atoms with Crippen molar-refractivity contribution in [3.8, 4) is 0 Å². The van der Waals surface area contributed by atoms with E-state index in [2.05, 4.69) is 99.0 Å². The highest BCUT2D eigenvalue weighted by Crippen LogP contribution is 2.43. The van der Waals surface area contributed by atoms with Crippen molar-refractivity contribution < 1.29 is 37.3 Å². The van der Waals surface area contributed by atoms with Gasteiger partial charge in [-0.1, -0.05) is 215 Å². The van der Waals surface area contributed by atoms with Crippen molar-refractivity contribution in [2.24, 2.45) is 0 Å². The number of allylic oxidation sites excluding steroid dienone is 13. The normalized spacial score (nSPS) is 14.4. The fraction of sp³-hybridized carbons (Fsp3) is 0.742. The van der Waals surface area contributed by atoms with Crippen LogP contribution in [-0.2, 0) is 27.9 Å². The molecule has 0 aromatic rings. The monoisotopic (exact) mass is 1030 g/mol. The van der Waals surface area contributed by atoms with E-state index in [9.17, 15) is 19.0 Å². The van der Waals surface area contributed by atoms with Gasteiger partial charge in [0.2, 0.25) is 5.91 Å². The molecule has 0 saturated carbocycles. The topological polar surface area (TPSA) is 111 Å². The number of carbonyl (C=O) groups excluding carboxylic acids is 2. The summed E-state index contributed by atoms with van der Waals surface area (Å²) in [5.41, 5.74) is 0. The Kier molecular flexibility index (Phi) is 49.6. The Morgan fingerprint density at radius 3 is 1.36 bits per heavy atom. The molecule has 3 unspecified atom stereocenters. The number of esters is 1. The lowest BCUT2D eigenvalue weighted by Gasteiger charge is -2.27. The molecular formula is C62H112N2O7P+. The molecule has 72 heavy (non-hydrogen) atoms. The quantitative estimate of drug-likeness (QED) is 0.0205. The minimum absolute atomic E-state index is 0.0304. The molecule has 0 aliphatic carbocycles. The SMILES string of the molecule is CC/C=C\C/C=C\C/C=C\C/C=C\C/C=C\CCCCCCCC(=O)NC(COP(=O)(O)OCC[N+](C)(C)C)C(/C=C\CCCCCCCCCCC)OC(=O)CCCCC/C=C\CCCCCCCCC. The number of ether oxygens (including phenoxy) is 1. The molecule has 0 bridgehead atoms. The van der Waals surface area contributed by atoms with Gasteiger partial charge < -0.3 is 19.4 Å². The summed E-state index contributed by atoms with van der Waals surface area (Å²) in [4.78, 5) is 37.6. The third-order valence-electron chi connectivity index (χ3n) is 12.6. The molecule has 0 radical (unpaired) electrons. The second-order valence-electron chi connectivity index (χ2n) is 20.8. The van der Waals surface area contributed by atoms with Crippen LogP contribution in [0.3, 0.4) is 0 Å². The Labute approximate surface area is 444 Å². The van der Waals surface area contributed by atoms with Crippen LogP contribution in [0.2, 0.25) is 0 Å². The Bertz CT molecular complexity index is 1510. The van der Waals surface area contributed by atoms with Crippen LogP contribution in [0.25, 0.3) is 0 Å². The summed E-state index contributed by atoms with van der Waals surface area (Å²) in [6, 6.07) is -0.867. The molecule has 3 atom stereocenters. The summed E-state index contributed by atoms with van der Waals surface area (Å²) in [7, 11) is 1.46. The van der Waals surface area contributed by atoms with Crippen LogP contribution in [0.15, 0.2) is 85.1 Å². The van der Waals surface area contributed by atoms with Gasteiger partial charge in [-0.15, -0.1) is 0 Å². The van der Waals surface area contributed by atoms with Crippen LogP contribution in [-0.4, -0.2) is 74.3 Å². The molecule has 0 saturated heterocycles. The maximum atomic E-state index is 13.5. The Morgan fingerprint density at radius 1 is 0.500 bits per heavy atom. The number of phosphoric ester groups is 1. The van der Waals surface area contributed by atoms with Crippen molar-refractivity contribution in [2.75, 3.05) is 40.9 Å². The Balaban J connectivity index is 5.32. The van der Waals surface area contributed by atoms with Crippen LogP contribution >= 0.6 is 7.82 Å². The molecule has 0 fully saturated rings. The van der Waals surface area contributed by atoms with Crippen molar-refractivity contribution in [1.82, 2.24) is 5.32 Å². The van der Waals surface area contributed by atoms with E-state index >= 15 is 0 Å². The van der Waals surface area contributed by atoms with E-state index in [1.54, 1.807) is 0 Å². The highest BCUT2D eigenvalue weighted by atomic mass is 31.2. The number of nitrogens with zero attached hydrogens (tertiary/aromatic N) is 1. The van der Waals surface area contributed by atoms with Crippen LogP contribution in [0.4, 0.5) is 0 Å². The van der Waals surface area contributed by atoms with Crippen molar-refractivity contribution in [1.29, 1.82) is 0 Å². The predicted octanol–water partition coefficient (Wildman–Crippen LogP) is 17.8. The highest BCUT2D eigenvalue weighted by molar-refractivity contribution is 7.47. The fourth-order valence-electron chi connectivity index (χ4n) is 8.02. The van der Waals surface area contributed by atoms with E-state index in [1.807, 2.05) is 33.3 Å². The van der Waals surface area contributed by atoms with Gasteiger partial charge in [0.1, 0.15) is 19.3 Å². The number of nitrogens with one attached hydrogen (secondary N) is 1. The minimum atomic E-state index is -4.46. The number of amides is 1. The zero-order valence-electron chi connectivity index (χ0n) is 47.4. The first-order valence-corrected chi connectivity index (χ1v) is 30.9. The third-order valence-corrected chi connectivity index (χ3v) is 13.6. The average Bonchev–Trinajstić information content (AvgIpc) is 3.34. The van der Waals surface area contributed by atoms with Crippen LogP contribution in [0, 0.1) is 0 Å². The number of hydrogen-bond acceptors (Lipinski definition) is 6. The van der Waals surface area contributed by atoms with Gasteiger partial charge in [-0.05, 0) is 102 Å². The minimum Gasteiger partial charge on any atom is -0.456 e. The highest BCUT2D eigenvalue weighted by Gasteiger charge is 2.30. The van der Waals surface area contributed by atoms with Crippen LogP contribution < -0.4 is 5.32 Å². The lowest BCUT2D eigenvalue weighted by Crippen LogP contribution is -2.47. The molecule has 0 heterocycles. The second-order valence-corrected chi connectivity index (χ2v) is 22.2. The number of phosphoric acid groups is 1. The van der Waals surface area contributed by atoms with E-state index in [0.717, 1.165) is 116 Å². The summed E-state index contributed by atoms with van der Waals surface area (Å²) < 4.78 is 30.6. The Hall–Kier alpha value is -2.81. The van der Waals surface area contributed by atoms with Gasteiger partial charge in [0.25, 0.3) is 0 Å². The number of unbranched alkanes of at least 4 members (excludes halogenated alkanes) is 24. The fourth-order valence-corrected chi connectivity index (χ4v) is 8.75. The standard InChI is InChI=1S/C62H111N2O7P/c1-7-10-13-16-19-22-25-27-29-30-31-32-33-34-35-36-39-42-45-48-51-54-61(65)63-59(58-70-72(67,68)69-57-56-64(4,5)6)60(53-50-47-44-41-38-24-21-18-15-12-9-3)71-62(66)55-52-49-46-43-40-37-28-26-23-20-17-14-11-8-2/h10,13,19,22,27,29,31-32,34-35,37,40,50,53,59-60H,7-9,11-12,14-18,20-21,23-26,28,30,33,36,38-39,41-49,51-52,54-58H2,1-6H3,(H-,63,65,67,68)/p+1/b13-10-,22-19-,29-27-,32-31-,35-34-,40-37-,53-50-. The van der Waals surface area contributed by atoms with Crippen molar-refractivity contribution >= 4 is 19.7 Å². The zero-order valence-corrected chi connectivity index (χ0v) is 48.3. The van der Waals surface area contributed by atoms with Crippen LogP contribution in [0.5, 0.6) is 0 Å². The number of rotatable bonds is 52. The molecule has 1 amide bonds. The predicted molar refractivity (Wildman–Crippen MR) is 309 cm³/mol. The average molecular weight is 1030 g/mol. The largest absolute Gasteiger partial charge is 0.472 e. The lowest BCUT2D eigenvalue weighted by molar-refractivity contribution is -0.870. The van der Waals surface area contributed by atoms with Crippen molar-refractivity contribution in [3.63, 3.8) is 0 Å². The van der Waals surface area contributed by atoms with E-state index in [1.165, 1.54) is 89.9 Å². The zero-order chi connectivity index (χ0) is 52.9. The van der Waals surface area contributed by atoms with E-state index in [-0.39, 0.29) is 31.5 Å². The first-order valence-electron chi connectivity index (χ1n) is 29.4. The van der Waals surface area contributed by atoms with Gasteiger partial charge in [0.15, 0.2) is 0 Å². The molecule has 0 aromatic heterocycles. The molecule has 2 N–H and O–H groups in total. The summed E-state index contributed by atoms with van der Waals surface area (Å²) >= 11 is 0. The van der Waals surface area contributed by atoms with Crippen LogP contribution in [0.1, 0.15) is 245 Å². The molecule has 0 aliphatic rings. The summed E-state index contributed by atoms with van der Waals surface area (Å²) in [5.74, 6) is -0.549. The smallest absolute Gasteiger partial charge is 0.456 e. The summed E-state index contributed by atoms with van der Waals surface area (Å²) in [5, 5.41) is 3.03. The summed E-state index contributed by atoms with van der Waals surface area (Å²) in [6.07, 6.45) is 67.2. The Morgan fingerprint density at radius 2 is 0.889 bits per heavy atom. The maximum Gasteiger partial charge on any atom is 0.472 e. The molecular weight excluding hydrogens is 916 g/mol. The number of hydrogen-bond donors (Lipinski definition) is 2. The number of likely N-dealkylation sites (N-methyl/N-ethyl adjacent to an activating group) is 1. The van der Waals surface area contributed by atoms with E-state index in [0.29, 0.717) is 23.9 Å². The van der Waals surface area contributed by atoms with Crippen molar-refractivity contribution in [3.05, 3.63) is 85.1 Å². The van der Waals surface area contributed by atoms with Gasteiger partial charge in [-0.25, -0.2) is 4.57 Å². The number of carbonyl (C=O) groups is 2. The third kappa shape index (κ3) is 52.1. The molecule has 9 nitrogen and oxygen atoms in total. The second kappa shape index (κ2) is 51.7. The van der Waals surface area contributed by atoms with Gasteiger partial charge in [0.05, 0.1) is 33.8 Å². The van der Waals surface area contributed by atoms with Gasteiger partial charge >= 0.3 is 13.8 Å². The maximum absolute atomic E-state index is 13.5. The van der Waals surface area contributed by atoms with Gasteiger partial charge in [-0.3, -0.25) is 18.6 Å². The van der Waals surface area contributed by atoms with Crippen molar-refractivity contribution in [2.45, 2.75) is 258 Å². The molecule has 0 aromatic carbocycles. The summed E-state index contributed by atoms with van der Waals surface area (Å²) in [6.45, 7) is 6.85. The molecule has 416 valence electrons. The van der Waals surface area contributed by atoms with Gasteiger partial charge in [0, 0.05) is 12.8 Å². The molecule has 0 aliphatic heterocycles. The van der Waals surface area contributed by atoms with Gasteiger partial charge in [-0.2, -0.15) is 0 Å². The molecule has 0 rings (SSSR count).